The van der Waals surface area contributed by atoms with Gasteiger partial charge in [-0.1, -0.05) is 62.9 Å². The highest BCUT2D eigenvalue weighted by Crippen LogP contribution is 2.40. The van der Waals surface area contributed by atoms with E-state index in [-0.39, 0.29) is 30.3 Å². The minimum absolute atomic E-state index is 0.116. The SMILES string of the molecule is CCCCCC1CCC(c2ccc(-c3ccc(C(F)(F)OC4COC(c5ccc(OC(F)(F)F)cc5)OC4)c(F)c3)c(F)c2)CC1. The van der Waals surface area contributed by atoms with Crippen LogP contribution in [0.15, 0.2) is 60.7 Å². The lowest BCUT2D eigenvalue weighted by Gasteiger charge is -2.32. The van der Waals surface area contributed by atoms with Gasteiger partial charge in [-0.15, -0.1) is 13.2 Å². The number of benzene rings is 3. The second kappa shape index (κ2) is 14.7. The molecule has 1 saturated heterocycles. The van der Waals surface area contributed by atoms with Crippen LogP contribution >= 0.6 is 0 Å². The van der Waals surface area contributed by atoms with E-state index in [0.29, 0.717) is 5.56 Å². The van der Waals surface area contributed by atoms with Crippen LogP contribution in [0.25, 0.3) is 11.1 Å². The Hall–Kier alpha value is -3.15. The Balaban J connectivity index is 1.16. The molecule has 2 fully saturated rings. The molecule has 0 spiro atoms. The van der Waals surface area contributed by atoms with E-state index in [9.17, 15) is 13.2 Å². The van der Waals surface area contributed by atoms with Crippen LogP contribution in [0.3, 0.4) is 0 Å². The van der Waals surface area contributed by atoms with Gasteiger partial charge in [0.05, 0.1) is 18.8 Å². The molecule has 0 amide bonds. The van der Waals surface area contributed by atoms with E-state index < -0.39 is 47.8 Å². The van der Waals surface area contributed by atoms with Gasteiger partial charge in [0.15, 0.2) is 6.29 Å². The molecule has 46 heavy (non-hydrogen) atoms. The van der Waals surface area contributed by atoms with Gasteiger partial charge in [0.1, 0.15) is 23.5 Å². The summed E-state index contributed by atoms with van der Waals surface area (Å²) in [6.45, 7) is 1.50. The van der Waals surface area contributed by atoms with E-state index in [2.05, 4.69) is 11.7 Å². The maximum absolute atomic E-state index is 15.2. The van der Waals surface area contributed by atoms with Crippen LogP contribution in [0.5, 0.6) is 5.75 Å². The Morgan fingerprint density at radius 2 is 1.43 bits per heavy atom. The van der Waals surface area contributed by atoms with Crippen LogP contribution in [-0.4, -0.2) is 25.7 Å². The summed E-state index contributed by atoms with van der Waals surface area (Å²) >= 11 is 0. The van der Waals surface area contributed by atoms with E-state index in [1.807, 2.05) is 6.07 Å². The van der Waals surface area contributed by atoms with Crippen LogP contribution in [0.2, 0.25) is 0 Å². The van der Waals surface area contributed by atoms with E-state index >= 15 is 17.6 Å². The number of unbranched alkanes of at least 4 members (excludes halogenated alkanes) is 2. The fraction of sp³-hybridized carbons (Fsp3) is 0.486. The molecule has 1 aliphatic heterocycles. The van der Waals surface area contributed by atoms with Crippen LogP contribution in [0, 0.1) is 17.6 Å². The van der Waals surface area contributed by atoms with Gasteiger partial charge < -0.3 is 18.9 Å². The predicted molar refractivity (Wildman–Crippen MR) is 157 cm³/mol. The minimum Gasteiger partial charge on any atom is -0.406 e. The lowest BCUT2D eigenvalue weighted by molar-refractivity contribution is -0.321. The highest BCUT2D eigenvalue weighted by molar-refractivity contribution is 5.65. The molecular weight excluding hydrogens is 617 g/mol. The second-order valence-corrected chi connectivity index (χ2v) is 12.0. The number of alkyl halides is 5. The number of rotatable bonds is 11. The molecule has 3 aromatic rings. The van der Waals surface area contributed by atoms with Crippen molar-refractivity contribution in [2.45, 2.75) is 89.1 Å². The fourth-order valence-corrected chi connectivity index (χ4v) is 6.25. The van der Waals surface area contributed by atoms with E-state index in [4.69, 9.17) is 14.2 Å². The molecule has 0 bridgehead atoms. The summed E-state index contributed by atoms with van der Waals surface area (Å²) in [6, 6.07) is 12.6. The molecule has 2 aliphatic rings. The van der Waals surface area contributed by atoms with Gasteiger partial charge in [-0.25, -0.2) is 8.78 Å². The number of hydrogen-bond acceptors (Lipinski definition) is 4. The summed E-state index contributed by atoms with van der Waals surface area (Å²) in [5, 5.41) is 0. The average molecular weight is 655 g/mol. The molecule has 0 aromatic heterocycles. The molecule has 11 heteroatoms. The molecule has 1 saturated carbocycles. The third-order valence-electron chi connectivity index (χ3n) is 8.69. The molecule has 0 unspecified atom stereocenters. The number of ether oxygens (including phenoxy) is 4. The Kier molecular flexibility index (Phi) is 11.0. The van der Waals surface area contributed by atoms with Crippen molar-refractivity contribution in [2.75, 3.05) is 13.2 Å². The van der Waals surface area contributed by atoms with E-state index in [0.717, 1.165) is 61.4 Å². The van der Waals surface area contributed by atoms with Gasteiger partial charge >= 0.3 is 12.5 Å². The first kappa shape index (κ1) is 34.2. The van der Waals surface area contributed by atoms with Crippen LogP contribution in [0.1, 0.15) is 87.2 Å². The van der Waals surface area contributed by atoms with Crippen molar-refractivity contribution >= 4 is 0 Å². The number of halogens is 7. The standard InChI is InChI=1S/C35H37F7O4/c1-2-3-4-5-22-6-8-23(9-7-22)25-12-16-29(31(36)18-25)26-13-17-30(32(37)19-26)34(38,39)45-28-20-43-33(44-21-28)24-10-14-27(15-11-24)46-35(40,41)42/h10-19,22-23,28,33H,2-9,20-21H2,1H3. The highest BCUT2D eigenvalue weighted by atomic mass is 19.4. The Morgan fingerprint density at radius 1 is 0.761 bits per heavy atom. The number of hydrogen-bond donors (Lipinski definition) is 0. The first-order valence-electron chi connectivity index (χ1n) is 15.7. The molecule has 1 heterocycles. The van der Waals surface area contributed by atoms with Crippen LogP contribution < -0.4 is 4.74 Å². The lowest BCUT2D eigenvalue weighted by atomic mass is 9.77. The average Bonchev–Trinajstić information content (AvgIpc) is 3.01. The summed E-state index contributed by atoms with van der Waals surface area (Å²) in [4.78, 5) is 0. The maximum Gasteiger partial charge on any atom is 0.573 e. The van der Waals surface area contributed by atoms with Crippen molar-refractivity contribution < 1.29 is 49.7 Å². The Bertz CT molecular complexity index is 1430. The van der Waals surface area contributed by atoms with Crippen molar-refractivity contribution in [3.05, 3.63) is 89.0 Å². The summed E-state index contributed by atoms with van der Waals surface area (Å²) in [7, 11) is 0. The van der Waals surface area contributed by atoms with Gasteiger partial charge in [-0.2, -0.15) is 8.78 Å². The zero-order valence-corrected chi connectivity index (χ0v) is 25.4. The smallest absolute Gasteiger partial charge is 0.406 e. The van der Waals surface area contributed by atoms with Crippen molar-refractivity contribution in [3.8, 4) is 16.9 Å². The highest BCUT2D eigenvalue weighted by Gasteiger charge is 2.41. The van der Waals surface area contributed by atoms with Crippen molar-refractivity contribution in [1.29, 1.82) is 0 Å². The summed E-state index contributed by atoms with van der Waals surface area (Å²) < 4.78 is 117. The first-order valence-corrected chi connectivity index (χ1v) is 15.7. The molecule has 0 atom stereocenters. The molecule has 5 rings (SSSR count). The Morgan fingerprint density at radius 3 is 2.04 bits per heavy atom. The quantitative estimate of drug-likeness (QED) is 0.152. The maximum atomic E-state index is 15.2. The van der Waals surface area contributed by atoms with Crippen LogP contribution in [-0.2, 0) is 20.3 Å². The predicted octanol–water partition coefficient (Wildman–Crippen LogP) is 10.6. The molecule has 0 N–H and O–H groups in total. The van der Waals surface area contributed by atoms with Crippen molar-refractivity contribution in [1.82, 2.24) is 0 Å². The first-order chi connectivity index (χ1) is 21.9. The Labute approximate surface area is 263 Å². The lowest BCUT2D eigenvalue weighted by Crippen LogP contribution is -2.38. The zero-order chi connectivity index (χ0) is 32.9. The zero-order valence-electron chi connectivity index (χ0n) is 25.4. The van der Waals surface area contributed by atoms with Crippen molar-refractivity contribution in [3.63, 3.8) is 0 Å². The molecule has 250 valence electrons. The monoisotopic (exact) mass is 654 g/mol. The van der Waals surface area contributed by atoms with E-state index in [1.54, 1.807) is 6.07 Å². The van der Waals surface area contributed by atoms with Crippen LogP contribution in [0.4, 0.5) is 30.7 Å². The third kappa shape index (κ3) is 8.80. The molecule has 0 radical (unpaired) electrons. The second-order valence-electron chi connectivity index (χ2n) is 12.0. The fourth-order valence-electron chi connectivity index (χ4n) is 6.25. The summed E-state index contributed by atoms with van der Waals surface area (Å²) in [6.07, 6.45) is -2.01. The third-order valence-corrected chi connectivity index (χ3v) is 8.69. The summed E-state index contributed by atoms with van der Waals surface area (Å²) in [5.41, 5.74) is 0.458. The molecule has 4 nitrogen and oxygen atoms in total. The van der Waals surface area contributed by atoms with Gasteiger partial charge in [-0.3, -0.25) is 0 Å². The minimum atomic E-state index is -4.84. The van der Waals surface area contributed by atoms with Crippen molar-refractivity contribution in [2.24, 2.45) is 5.92 Å². The molecule has 3 aromatic carbocycles. The molecular formula is C35H37F7O4. The van der Waals surface area contributed by atoms with Gasteiger partial charge in [0, 0.05) is 11.1 Å². The van der Waals surface area contributed by atoms with E-state index in [1.165, 1.54) is 49.9 Å². The largest absolute Gasteiger partial charge is 0.573 e. The van der Waals surface area contributed by atoms with Gasteiger partial charge in [-0.05, 0) is 79.0 Å². The topological polar surface area (TPSA) is 36.9 Å². The van der Waals surface area contributed by atoms with Gasteiger partial charge in [0.25, 0.3) is 0 Å². The summed E-state index contributed by atoms with van der Waals surface area (Å²) in [5.74, 6) is -1.24. The normalized spacial score (nSPS) is 22.5. The molecule has 1 aliphatic carbocycles. The van der Waals surface area contributed by atoms with Gasteiger partial charge in [0.2, 0.25) is 0 Å².